The van der Waals surface area contributed by atoms with Crippen molar-refractivity contribution in [2.45, 2.75) is 0 Å². The molecule has 0 saturated carbocycles. The zero-order chi connectivity index (χ0) is 15.2. The van der Waals surface area contributed by atoms with Crippen molar-refractivity contribution in [2.75, 3.05) is 32.1 Å². The molecular formula is C12H16N6O3. The van der Waals surface area contributed by atoms with Crippen molar-refractivity contribution in [3.63, 3.8) is 0 Å². The molecule has 4 N–H and O–H groups in total. The summed E-state index contributed by atoms with van der Waals surface area (Å²) in [6.45, 7) is 0. The summed E-state index contributed by atoms with van der Waals surface area (Å²) in [5, 5.41) is 3.01. The summed E-state index contributed by atoms with van der Waals surface area (Å²) >= 11 is 0. The molecule has 0 fully saturated rings. The first-order chi connectivity index (χ1) is 10.2. The third-order valence-corrected chi connectivity index (χ3v) is 2.62. The SMILES string of the molecule is COc1cc(Nc2ncnc(NN)n2)cc(OC)c1OC. The Morgan fingerprint density at radius 2 is 1.57 bits per heavy atom. The minimum Gasteiger partial charge on any atom is -0.493 e. The van der Waals surface area contributed by atoms with Crippen LogP contribution in [0, 0.1) is 0 Å². The average molecular weight is 292 g/mol. The number of methoxy groups -OCH3 is 3. The zero-order valence-electron chi connectivity index (χ0n) is 11.9. The summed E-state index contributed by atoms with van der Waals surface area (Å²) in [7, 11) is 4.62. The summed E-state index contributed by atoms with van der Waals surface area (Å²) in [5.41, 5.74) is 3.01. The van der Waals surface area contributed by atoms with Crippen LogP contribution in [0.1, 0.15) is 0 Å². The number of benzene rings is 1. The van der Waals surface area contributed by atoms with Crippen molar-refractivity contribution >= 4 is 17.6 Å². The highest BCUT2D eigenvalue weighted by Gasteiger charge is 2.13. The van der Waals surface area contributed by atoms with Crippen molar-refractivity contribution in [3.05, 3.63) is 18.5 Å². The van der Waals surface area contributed by atoms with E-state index >= 15 is 0 Å². The molecule has 0 aliphatic heterocycles. The molecule has 2 aromatic rings. The summed E-state index contributed by atoms with van der Waals surface area (Å²) in [5.74, 6) is 7.37. The van der Waals surface area contributed by atoms with Gasteiger partial charge in [-0.2, -0.15) is 4.98 Å². The Labute approximate surface area is 121 Å². The molecule has 0 amide bonds. The third kappa shape index (κ3) is 3.20. The van der Waals surface area contributed by atoms with Gasteiger partial charge in [-0.15, -0.1) is 0 Å². The molecule has 21 heavy (non-hydrogen) atoms. The average Bonchev–Trinajstić information content (AvgIpc) is 2.53. The van der Waals surface area contributed by atoms with E-state index in [1.54, 1.807) is 33.5 Å². The molecule has 0 saturated heterocycles. The van der Waals surface area contributed by atoms with Gasteiger partial charge in [0, 0.05) is 17.8 Å². The molecule has 0 bridgehead atoms. The maximum Gasteiger partial charge on any atom is 0.241 e. The molecule has 1 heterocycles. The summed E-state index contributed by atoms with van der Waals surface area (Å²) < 4.78 is 15.8. The number of hydrogen-bond acceptors (Lipinski definition) is 9. The molecule has 1 aromatic heterocycles. The first-order valence-electron chi connectivity index (χ1n) is 5.94. The van der Waals surface area contributed by atoms with Gasteiger partial charge in [-0.05, 0) is 0 Å². The third-order valence-electron chi connectivity index (χ3n) is 2.62. The van der Waals surface area contributed by atoms with Crippen molar-refractivity contribution in [3.8, 4) is 17.2 Å². The smallest absolute Gasteiger partial charge is 0.241 e. The fourth-order valence-corrected chi connectivity index (χ4v) is 1.71. The van der Waals surface area contributed by atoms with Crippen LogP contribution in [0.25, 0.3) is 0 Å². The van der Waals surface area contributed by atoms with E-state index in [4.69, 9.17) is 20.1 Å². The highest BCUT2D eigenvalue weighted by Crippen LogP contribution is 2.40. The number of ether oxygens (including phenoxy) is 3. The quantitative estimate of drug-likeness (QED) is 0.528. The number of hydrazine groups is 1. The maximum absolute atomic E-state index is 5.27. The first kappa shape index (κ1) is 14.6. The Kier molecular flexibility index (Phi) is 4.57. The standard InChI is InChI=1S/C12H16N6O3/c1-19-8-4-7(5-9(20-2)10(8)21-3)16-11-14-6-15-12(17-11)18-13/h4-6H,13H2,1-3H3,(H2,14,15,16,17,18). The molecule has 2 rings (SSSR count). The van der Waals surface area contributed by atoms with E-state index in [1.807, 2.05) is 0 Å². The van der Waals surface area contributed by atoms with E-state index in [9.17, 15) is 0 Å². The number of nitrogens with zero attached hydrogens (tertiary/aromatic N) is 3. The van der Waals surface area contributed by atoms with Crippen molar-refractivity contribution < 1.29 is 14.2 Å². The number of aromatic nitrogens is 3. The Morgan fingerprint density at radius 1 is 0.952 bits per heavy atom. The van der Waals surface area contributed by atoms with Gasteiger partial charge in [-0.25, -0.2) is 15.8 Å². The lowest BCUT2D eigenvalue weighted by molar-refractivity contribution is 0.324. The van der Waals surface area contributed by atoms with Gasteiger partial charge in [-0.3, -0.25) is 5.43 Å². The molecule has 0 aliphatic rings. The maximum atomic E-state index is 5.27. The second-order valence-electron chi connectivity index (χ2n) is 3.82. The Balaban J connectivity index is 2.35. The normalized spacial score (nSPS) is 9.90. The van der Waals surface area contributed by atoms with Gasteiger partial charge in [0.05, 0.1) is 21.3 Å². The monoisotopic (exact) mass is 292 g/mol. The number of nitrogen functional groups attached to an aromatic ring is 1. The summed E-state index contributed by atoms with van der Waals surface area (Å²) in [6, 6.07) is 3.47. The minimum absolute atomic E-state index is 0.250. The van der Waals surface area contributed by atoms with E-state index in [1.165, 1.54) is 6.33 Å². The molecule has 9 nitrogen and oxygen atoms in total. The lowest BCUT2D eigenvalue weighted by atomic mass is 10.2. The summed E-state index contributed by atoms with van der Waals surface area (Å²) in [4.78, 5) is 11.9. The van der Waals surface area contributed by atoms with Crippen LogP contribution < -0.4 is 30.8 Å². The lowest BCUT2D eigenvalue weighted by Gasteiger charge is -2.14. The van der Waals surface area contributed by atoms with E-state index in [2.05, 4.69) is 25.7 Å². The van der Waals surface area contributed by atoms with Gasteiger partial charge < -0.3 is 19.5 Å². The molecule has 0 aliphatic carbocycles. The lowest BCUT2D eigenvalue weighted by Crippen LogP contribution is -2.11. The molecule has 0 radical (unpaired) electrons. The second kappa shape index (κ2) is 6.57. The fraction of sp³-hybridized carbons (Fsp3) is 0.250. The zero-order valence-corrected chi connectivity index (χ0v) is 11.9. The molecular weight excluding hydrogens is 276 g/mol. The summed E-state index contributed by atoms with van der Waals surface area (Å²) in [6.07, 6.45) is 1.34. The van der Waals surface area contributed by atoms with Crippen molar-refractivity contribution in [2.24, 2.45) is 5.84 Å². The fourth-order valence-electron chi connectivity index (χ4n) is 1.71. The topological polar surface area (TPSA) is 116 Å². The largest absolute Gasteiger partial charge is 0.493 e. The molecule has 0 spiro atoms. The van der Waals surface area contributed by atoms with Crippen molar-refractivity contribution in [1.29, 1.82) is 0 Å². The Hall–Kier alpha value is -2.81. The van der Waals surface area contributed by atoms with Gasteiger partial charge in [0.1, 0.15) is 6.33 Å². The van der Waals surface area contributed by atoms with Crippen LogP contribution >= 0.6 is 0 Å². The Morgan fingerprint density at radius 3 is 2.10 bits per heavy atom. The van der Waals surface area contributed by atoms with E-state index in [0.717, 1.165) is 0 Å². The minimum atomic E-state index is 0.250. The van der Waals surface area contributed by atoms with Crippen LogP contribution in [0.3, 0.4) is 0 Å². The molecule has 9 heteroatoms. The van der Waals surface area contributed by atoms with Crippen LogP contribution in [0.4, 0.5) is 17.6 Å². The van der Waals surface area contributed by atoms with E-state index < -0.39 is 0 Å². The number of hydrogen-bond donors (Lipinski definition) is 3. The van der Waals surface area contributed by atoms with Crippen molar-refractivity contribution in [1.82, 2.24) is 15.0 Å². The molecule has 112 valence electrons. The second-order valence-corrected chi connectivity index (χ2v) is 3.82. The van der Waals surface area contributed by atoms with Gasteiger partial charge >= 0.3 is 0 Å². The number of rotatable bonds is 6. The van der Waals surface area contributed by atoms with E-state index in [0.29, 0.717) is 28.9 Å². The van der Waals surface area contributed by atoms with Gasteiger partial charge in [0.15, 0.2) is 11.5 Å². The Bertz CT molecular complexity index is 597. The highest BCUT2D eigenvalue weighted by molar-refractivity contribution is 5.65. The number of nitrogens with two attached hydrogens (primary N) is 1. The van der Waals surface area contributed by atoms with Crippen LogP contribution in [0.5, 0.6) is 17.2 Å². The predicted octanol–water partition coefficient (Wildman–Crippen LogP) is 0.927. The number of anilines is 3. The molecule has 1 aromatic carbocycles. The number of nitrogens with one attached hydrogen (secondary N) is 2. The van der Waals surface area contributed by atoms with Crippen LogP contribution in [-0.2, 0) is 0 Å². The van der Waals surface area contributed by atoms with Crippen LogP contribution in [0.2, 0.25) is 0 Å². The van der Waals surface area contributed by atoms with Gasteiger partial charge in [0.25, 0.3) is 0 Å². The van der Waals surface area contributed by atoms with Gasteiger partial charge in [-0.1, -0.05) is 0 Å². The predicted molar refractivity (Wildman–Crippen MR) is 77.0 cm³/mol. The first-order valence-corrected chi connectivity index (χ1v) is 5.94. The van der Waals surface area contributed by atoms with Crippen LogP contribution in [-0.4, -0.2) is 36.3 Å². The van der Waals surface area contributed by atoms with Crippen LogP contribution in [0.15, 0.2) is 18.5 Å². The molecule has 0 atom stereocenters. The van der Waals surface area contributed by atoms with E-state index in [-0.39, 0.29) is 5.95 Å². The van der Waals surface area contributed by atoms with Gasteiger partial charge in [0.2, 0.25) is 17.6 Å². The highest BCUT2D eigenvalue weighted by atomic mass is 16.5. The molecule has 0 unspecified atom stereocenters.